The first-order valence-corrected chi connectivity index (χ1v) is 7.64. The smallest absolute Gasteiger partial charge is 0.223 e. The zero-order chi connectivity index (χ0) is 14.1. The van der Waals surface area contributed by atoms with E-state index in [-0.39, 0.29) is 11.8 Å². The second-order valence-electron chi connectivity index (χ2n) is 4.65. The molecule has 0 saturated carbocycles. The summed E-state index contributed by atoms with van der Waals surface area (Å²) in [7, 11) is 1.92. The van der Waals surface area contributed by atoms with E-state index in [1.807, 2.05) is 25.2 Å². The summed E-state index contributed by atoms with van der Waals surface area (Å²) in [5, 5.41) is 6.09. The van der Waals surface area contributed by atoms with E-state index in [1.165, 1.54) is 5.56 Å². The van der Waals surface area contributed by atoms with Gasteiger partial charge in [-0.05, 0) is 44.5 Å². The molecule has 0 saturated heterocycles. The van der Waals surface area contributed by atoms with Gasteiger partial charge < -0.3 is 10.6 Å². The number of nitrogens with one attached hydrogen (secondary N) is 2. The van der Waals surface area contributed by atoms with Gasteiger partial charge in [0.2, 0.25) is 5.91 Å². The van der Waals surface area contributed by atoms with Gasteiger partial charge in [-0.3, -0.25) is 4.79 Å². The van der Waals surface area contributed by atoms with Crippen molar-refractivity contribution >= 4 is 21.8 Å². The lowest BCUT2D eigenvalue weighted by molar-refractivity contribution is -0.125. The Balaban J connectivity index is 2.48. The number of hydrogen-bond acceptors (Lipinski definition) is 2. The Morgan fingerprint density at radius 2 is 2.05 bits per heavy atom. The summed E-state index contributed by atoms with van der Waals surface area (Å²) in [5.41, 5.74) is 1.19. The number of amides is 1. The lowest BCUT2D eigenvalue weighted by atomic mass is 9.96. The summed E-state index contributed by atoms with van der Waals surface area (Å²) in [4.78, 5) is 12.1. The van der Waals surface area contributed by atoms with Gasteiger partial charge in [0.15, 0.2) is 0 Å². The second kappa shape index (κ2) is 9.10. The summed E-state index contributed by atoms with van der Waals surface area (Å²) in [5.74, 6) is 0.211. The van der Waals surface area contributed by atoms with Gasteiger partial charge in [0, 0.05) is 16.9 Å². The van der Waals surface area contributed by atoms with Crippen LogP contribution in [0.15, 0.2) is 28.7 Å². The van der Waals surface area contributed by atoms with Crippen LogP contribution >= 0.6 is 15.9 Å². The van der Waals surface area contributed by atoms with Crippen LogP contribution < -0.4 is 10.6 Å². The largest absolute Gasteiger partial charge is 0.356 e. The maximum Gasteiger partial charge on any atom is 0.223 e. The van der Waals surface area contributed by atoms with E-state index in [1.54, 1.807) is 0 Å². The molecule has 0 aromatic heterocycles. The van der Waals surface area contributed by atoms with Gasteiger partial charge in [-0.1, -0.05) is 41.1 Å². The average molecular weight is 327 g/mol. The Bertz CT molecular complexity index is 395. The van der Waals surface area contributed by atoms with Crippen LogP contribution in [0.2, 0.25) is 0 Å². The Hall–Kier alpha value is -0.870. The second-order valence-corrected chi connectivity index (χ2v) is 5.50. The van der Waals surface area contributed by atoms with E-state index < -0.39 is 0 Å². The van der Waals surface area contributed by atoms with Crippen molar-refractivity contribution in [2.75, 3.05) is 20.1 Å². The van der Waals surface area contributed by atoms with Crippen molar-refractivity contribution in [2.24, 2.45) is 5.92 Å². The van der Waals surface area contributed by atoms with E-state index in [4.69, 9.17) is 0 Å². The van der Waals surface area contributed by atoms with Crippen LogP contribution in [0, 0.1) is 5.92 Å². The quantitative estimate of drug-likeness (QED) is 0.721. The molecule has 0 fully saturated rings. The molecule has 1 aromatic rings. The molecule has 0 radical (unpaired) electrons. The van der Waals surface area contributed by atoms with Gasteiger partial charge >= 0.3 is 0 Å². The lowest BCUT2D eigenvalue weighted by Crippen LogP contribution is -2.33. The summed E-state index contributed by atoms with van der Waals surface area (Å²) < 4.78 is 1.08. The van der Waals surface area contributed by atoms with Gasteiger partial charge in [0.25, 0.3) is 0 Å². The van der Waals surface area contributed by atoms with Crippen LogP contribution in [0.4, 0.5) is 0 Å². The van der Waals surface area contributed by atoms with Crippen molar-refractivity contribution in [3.8, 4) is 0 Å². The number of rotatable bonds is 8. The minimum atomic E-state index is 0.0493. The predicted octanol–water partition coefficient (Wildman–Crippen LogP) is 2.74. The normalized spacial score (nSPS) is 12.2. The van der Waals surface area contributed by atoms with E-state index in [0.717, 1.165) is 36.8 Å². The van der Waals surface area contributed by atoms with Crippen LogP contribution in [0.3, 0.4) is 0 Å². The van der Waals surface area contributed by atoms with Crippen molar-refractivity contribution in [1.29, 1.82) is 0 Å². The standard InChI is InChI=1S/C15H23BrN2O/c1-3-12(15(19)18-10-6-9-17-2)11-13-7-4-5-8-14(13)16/h4-5,7-8,12,17H,3,6,9-11H2,1-2H3,(H,18,19). The molecule has 0 aliphatic heterocycles. The first kappa shape index (κ1) is 16.2. The van der Waals surface area contributed by atoms with Gasteiger partial charge in [0.1, 0.15) is 0 Å². The number of carbonyl (C=O) groups excluding carboxylic acids is 1. The molecule has 0 aliphatic carbocycles. The van der Waals surface area contributed by atoms with Crippen LogP contribution in [0.25, 0.3) is 0 Å². The van der Waals surface area contributed by atoms with Gasteiger partial charge in [-0.2, -0.15) is 0 Å². The minimum absolute atomic E-state index is 0.0493. The molecule has 0 spiro atoms. The highest BCUT2D eigenvalue weighted by molar-refractivity contribution is 9.10. The van der Waals surface area contributed by atoms with Crippen molar-refractivity contribution in [2.45, 2.75) is 26.2 Å². The molecule has 1 amide bonds. The molecule has 1 rings (SSSR count). The van der Waals surface area contributed by atoms with E-state index >= 15 is 0 Å². The molecule has 0 aliphatic rings. The third kappa shape index (κ3) is 5.74. The van der Waals surface area contributed by atoms with Gasteiger partial charge in [0.05, 0.1) is 0 Å². The molecule has 0 bridgehead atoms. The van der Waals surface area contributed by atoms with E-state index in [9.17, 15) is 4.79 Å². The van der Waals surface area contributed by atoms with Crippen molar-refractivity contribution < 1.29 is 4.79 Å². The predicted molar refractivity (Wildman–Crippen MR) is 83.2 cm³/mol. The Morgan fingerprint density at radius 3 is 2.68 bits per heavy atom. The molecule has 106 valence electrons. The monoisotopic (exact) mass is 326 g/mol. The summed E-state index contributed by atoms with van der Waals surface area (Å²) in [6.07, 6.45) is 2.61. The summed E-state index contributed by atoms with van der Waals surface area (Å²) >= 11 is 3.54. The molecular formula is C15H23BrN2O. The molecule has 2 N–H and O–H groups in total. The first-order valence-electron chi connectivity index (χ1n) is 6.84. The van der Waals surface area contributed by atoms with E-state index in [2.05, 4.69) is 39.6 Å². The highest BCUT2D eigenvalue weighted by Crippen LogP contribution is 2.21. The third-order valence-corrected chi connectivity index (χ3v) is 3.96. The highest BCUT2D eigenvalue weighted by Gasteiger charge is 2.17. The maximum absolute atomic E-state index is 12.1. The Morgan fingerprint density at radius 1 is 1.32 bits per heavy atom. The molecule has 19 heavy (non-hydrogen) atoms. The number of carbonyl (C=O) groups is 1. The zero-order valence-electron chi connectivity index (χ0n) is 11.7. The fourth-order valence-electron chi connectivity index (χ4n) is 1.97. The molecule has 1 aromatic carbocycles. The van der Waals surface area contributed by atoms with Crippen molar-refractivity contribution in [3.05, 3.63) is 34.3 Å². The molecule has 3 nitrogen and oxygen atoms in total. The molecular weight excluding hydrogens is 304 g/mol. The third-order valence-electron chi connectivity index (χ3n) is 3.19. The minimum Gasteiger partial charge on any atom is -0.356 e. The highest BCUT2D eigenvalue weighted by atomic mass is 79.9. The van der Waals surface area contributed by atoms with Crippen LogP contribution in [0.1, 0.15) is 25.3 Å². The number of hydrogen-bond donors (Lipinski definition) is 2. The molecule has 1 atom stereocenters. The Kier molecular flexibility index (Phi) is 7.75. The SMILES string of the molecule is CCC(Cc1ccccc1Br)C(=O)NCCCNC. The Labute approximate surface area is 124 Å². The number of benzene rings is 1. The van der Waals surface area contributed by atoms with Crippen molar-refractivity contribution in [3.63, 3.8) is 0 Å². The van der Waals surface area contributed by atoms with E-state index in [0.29, 0.717) is 0 Å². The zero-order valence-corrected chi connectivity index (χ0v) is 13.3. The molecule has 1 unspecified atom stereocenters. The number of halogens is 1. The van der Waals surface area contributed by atoms with Gasteiger partial charge in [-0.15, -0.1) is 0 Å². The van der Waals surface area contributed by atoms with Crippen molar-refractivity contribution in [1.82, 2.24) is 10.6 Å². The average Bonchev–Trinajstić information content (AvgIpc) is 2.42. The van der Waals surface area contributed by atoms with Gasteiger partial charge in [-0.25, -0.2) is 0 Å². The molecule has 0 heterocycles. The summed E-state index contributed by atoms with van der Waals surface area (Å²) in [6.45, 7) is 3.74. The topological polar surface area (TPSA) is 41.1 Å². The first-order chi connectivity index (χ1) is 9.19. The van der Waals surface area contributed by atoms with Crippen LogP contribution in [-0.4, -0.2) is 26.0 Å². The van der Waals surface area contributed by atoms with Crippen LogP contribution in [0.5, 0.6) is 0 Å². The maximum atomic E-state index is 12.1. The fourth-order valence-corrected chi connectivity index (χ4v) is 2.42. The lowest BCUT2D eigenvalue weighted by Gasteiger charge is -2.16. The summed E-state index contributed by atoms with van der Waals surface area (Å²) in [6, 6.07) is 8.10. The fraction of sp³-hybridized carbons (Fsp3) is 0.533. The van der Waals surface area contributed by atoms with Crippen LogP contribution in [-0.2, 0) is 11.2 Å². The molecule has 4 heteroatoms.